The van der Waals surface area contributed by atoms with Gasteiger partial charge in [-0.3, -0.25) is 14.5 Å². The van der Waals surface area contributed by atoms with Gasteiger partial charge in [-0.1, -0.05) is 0 Å². The molecule has 17 heavy (non-hydrogen) atoms. The first-order valence-corrected chi connectivity index (χ1v) is 6.27. The zero-order valence-corrected chi connectivity index (χ0v) is 10.2. The topological polar surface area (TPSA) is 69.6 Å². The Bertz CT molecular complexity index is 328. The molecule has 0 aromatic heterocycles. The Morgan fingerprint density at radius 2 is 2.18 bits per heavy atom. The maximum Gasteiger partial charge on any atom is 0.323 e. The number of hydrogen-bond acceptors (Lipinski definition) is 3. The second kappa shape index (κ2) is 4.64. The van der Waals surface area contributed by atoms with Gasteiger partial charge in [-0.2, -0.15) is 0 Å². The quantitative estimate of drug-likeness (QED) is 0.732. The van der Waals surface area contributed by atoms with Crippen LogP contribution in [0.3, 0.4) is 0 Å². The van der Waals surface area contributed by atoms with Crippen LogP contribution in [-0.4, -0.2) is 47.1 Å². The van der Waals surface area contributed by atoms with Crippen molar-refractivity contribution in [3.8, 4) is 0 Å². The van der Waals surface area contributed by atoms with Crippen molar-refractivity contribution >= 4 is 11.9 Å². The molecule has 5 nitrogen and oxygen atoms in total. The van der Waals surface area contributed by atoms with Gasteiger partial charge in [-0.05, 0) is 45.1 Å². The van der Waals surface area contributed by atoms with Gasteiger partial charge in [0.15, 0.2) is 0 Å². The Kier molecular flexibility index (Phi) is 3.38. The van der Waals surface area contributed by atoms with E-state index < -0.39 is 11.5 Å². The molecular weight excluding hydrogens is 220 g/mol. The summed E-state index contributed by atoms with van der Waals surface area (Å²) in [4.78, 5) is 24.7. The monoisotopic (exact) mass is 240 g/mol. The predicted molar refractivity (Wildman–Crippen MR) is 62.6 cm³/mol. The van der Waals surface area contributed by atoms with E-state index in [4.69, 9.17) is 0 Å². The summed E-state index contributed by atoms with van der Waals surface area (Å²) in [7, 11) is 0. The molecule has 1 heterocycles. The zero-order chi connectivity index (χ0) is 12.5. The number of aliphatic carboxylic acids is 1. The smallest absolute Gasteiger partial charge is 0.323 e. The largest absolute Gasteiger partial charge is 0.480 e. The molecular formula is C12H20N2O3. The van der Waals surface area contributed by atoms with Crippen LogP contribution in [0.25, 0.3) is 0 Å². The van der Waals surface area contributed by atoms with Crippen LogP contribution >= 0.6 is 0 Å². The summed E-state index contributed by atoms with van der Waals surface area (Å²) in [6.45, 7) is 3.35. The van der Waals surface area contributed by atoms with Gasteiger partial charge in [0, 0.05) is 6.54 Å². The summed E-state index contributed by atoms with van der Waals surface area (Å²) in [5.74, 6) is -0.223. The molecule has 0 radical (unpaired) electrons. The van der Waals surface area contributed by atoms with Gasteiger partial charge in [-0.15, -0.1) is 0 Å². The van der Waals surface area contributed by atoms with Crippen LogP contribution in [0.1, 0.15) is 32.6 Å². The minimum Gasteiger partial charge on any atom is -0.480 e. The molecule has 1 aliphatic carbocycles. The zero-order valence-electron chi connectivity index (χ0n) is 10.2. The number of rotatable bonds is 5. The molecule has 5 heteroatoms. The number of amides is 1. The number of carboxylic acids is 1. The highest BCUT2D eigenvalue weighted by atomic mass is 16.4. The standard InChI is InChI=1S/C12H20N2O3/c1-12(11(16)17)5-2-6-14(12)8-10(15)13-7-9-3-4-9/h9H,2-8H2,1H3,(H,13,15)(H,16,17). The Balaban J connectivity index is 1.83. The molecule has 0 spiro atoms. The van der Waals surface area contributed by atoms with E-state index >= 15 is 0 Å². The lowest BCUT2D eigenvalue weighted by atomic mass is 9.99. The molecule has 1 saturated carbocycles. The van der Waals surface area contributed by atoms with E-state index in [-0.39, 0.29) is 12.5 Å². The van der Waals surface area contributed by atoms with E-state index in [1.165, 1.54) is 12.8 Å². The molecule has 2 aliphatic rings. The summed E-state index contributed by atoms with van der Waals surface area (Å²) in [6, 6.07) is 0. The van der Waals surface area contributed by atoms with Crippen LogP contribution < -0.4 is 5.32 Å². The van der Waals surface area contributed by atoms with Gasteiger partial charge < -0.3 is 10.4 Å². The Hall–Kier alpha value is -1.10. The fraction of sp³-hybridized carbons (Fsp3) is 0.833. The third-order valence-corrected chi connectivity index (χ3v) is 3.87. The average Bonchev–Trinajstić information content (AvgIpc) is 3.02. The third-order valence-electron chi connectivity index (χ3n) is 3.87. The highest BCUT2D eigenvalue weighted by molar-refractivity contribution is 5.82. The Labute approximate surface area is 101 Å². The molecule has 1 amide bonds. The van der Waals surface area contributed by atoms with Crippen molar-refractivity contribution < 1.29 is 14.7 Å². The first-order chi connectivity index (χ1) is 8.02. The van der Waals surface area contributed by atoms with Gasteiger partial charge >= 0.3 is 5.97 Å². The van der Waals surface area contributed by atoms with Gasteiger partial charge in [0.1, 0.15) is 5.54 Å². The van der Waals surface area contributed by atoms with Crippen molar-refractivity contribution in [2.24, 2.45) is 5.92 Å². The van der Waals surface area contributed by atoms with E-state index in [0.717, 1.165) is 13.0 Å². The second-order valence-electron chi connectivity index (χ2n) is 5.35. The lowest BCUT2D eigenvalue weighted by Crippen LogP contribution is -2.51. The average molecular weight is 240 g/mol. The SMILES string of the molecule is CC1(C(=O)O)CCCN1CC(=O)NCC1CC1. The highest BCUT2D eigenvalue weighted by Crippen LogP contribution is 2.29. The van der Waals surface area contributed by atoms with E-state index in [0.29, 0.717) is 18.9 Å². The maximum atomic E-state index is 11.7. The highest BCUT2D eigenvalue weighted by Gasteiger charge is 2.43. The van der Waals surface area contributed by atoms with Crippen LogP contribution in [0.2, 0.25) is 0 Å². The summed E-state index contributed by atoms with van der Waals surface area (Å²) >= 11 is 0. The molecule has 1 aliphatic heterocycles. The number of carbonyl (C=O) groups excluding carboxylic acids is 1. The van der Waals surface area contributed by atoms with Crippen LogP contribution in [0.5, 0.6) is 0 Å². The van der Waals surface area contributed by atoms with Gasteiger partial charge in [0.05, 0.1) is 6.54 Å². The maximum absolute atomic E-state index is 11.7. The molecule has 1 atom stereocenters. The second-order valence-corrected chi connectivity index (χ2v) is 5.35. The fourth-order valence-corrected chi connectivity index (χ4v) is 2.32. The number of nitrogens with one attached hydrogen (secondary N) is 1. The van der Waals surface area contributed by atoms with Gasteiger partial charge in [0.25, 0.3) is 0 Å². The molecule has 2 rings (SSSR count). The molecule has 0 bridgehead atoms. The van der Waals surface area contributed by atoms with Crippen molar-refractivity contribution in [1.82, 2.24) is 10.2 Å². The molecule has 1 unspecified atom stereocenters. The lowest BCUT2D eigenvalue weighted by Gasteiger charge is -2.30. The summed E-state index contributed by atoms with van der Waals surface area (Å²) in [5, 5.41) is 12.1. The molecule has 96 valence electrons. The van der Waals surface area contributed by atoms with E-state index in [9.17, 15) is 14.7 Å². The molecule has 2 N–H and O–H groups in total. The van der Waals surface area contributed by atoms with Crippen molar-refractivity contribution in [3.63, 3.8) is 0 Å². The van der Waals surface area contributed by atoms with E-state index in [1.54, 1.807) is 11.8 Å². The van der Waals surface area contributed by atoms with Crippen molar-refractivity contribution in [3.05, 3.63) is 0 Å². The minimum absolute atomic E-state index is 0.0497. The number of carbonyl (C=O) groups is 2. The Morgan fingerprint density at radius 1 is 1.47 bits per heavy atom. The Morgan fingerprint density at radius 3 is 2.76 bits per heavy atom. The summed E-state index contributed by atoms with van der Waals surface area (Å²) < 4.78 is 0. The lowest BCUT2D eigenvalue weighted by molar-refractivity contribution is -0.149. The first kappa shape index (κ1) is 12.4. The van der Waals surface area contributed by atoms with E-state index in [1.807, 2.05) is 0 Å². The van der Waals surface area contributed by atoms with Crippen LogP contribution in [0.15, 0.2) is 0 Å². The van der Waals surface area contributed by atoms with Gasteiger partial charge in [0.2, 0.25) is 5.91 Å². The van der Waals surface area contributed by atoms with Crippen molar-refractivity contribution in [1.29, 1.82) is 0 Å². The van der Waals surface area contributed by atoms with Gasteiger partial charge in [-0.25, -0.2) is 0 Å². The number of hydrogen-bond donors (Lipinski definition) is 2. The predicted octanol–water partition coefficient (Wildman–Crippen LogP) is 0.452. The van der Waals surface area contributed by atoms with Crippen LogP contribution in [-0.2, 0) is 9.59 Å². The number of likely N-dealkylation sites (tertiary alicyclic amines) is 1. The third kappa shape index (κ3) is 2.77. The van der Waals surface area contributed by atoms with Crippen molar-refractivity contribution in [2.75, 3.05) is 19.6 Å². The van der Waals surface area contributed by atoms with Crippen LogP contribution in [0, 0.1) is 5.92 Å². The molecule has 0 aromatic carbocycles. The molecule has 1 saturated heterocycles. The molecule has 2 fully saturated rings. The summed E-state index contributed by atoms with van der Waals surface area (Å²) in [6.07, 6.45) is 3.88. The normalized spacial score (nSPS) is 29.2. The number of nitrogens with zero attached hydrogens (tertiary/aromatic N) is 1. The van der Waals surface area contributed by atoms with Crippen LogP contribution in [0.4, 0.5) is 0 Å². The first-order valence-electron chi connectivity index (χ1n) is 6.27. The van der Waals surface area contributed by atoms with Crippen molar-refractivity contribution in [2.45, 2.75) is 38.1 Å². The van der Waals surface area contributed by atoms with E-state index in [2.05, 4.69) is 5.32 Å². The fourth-order valence-electron chi connectivity index (χ4n) is 2.32. The minimum atomic E-state index is -0.864. The summed E-state index contributed by atoms with van der Waals surface area (Å²) in [5.41, 5.74) is -0.864. The molecule has 0 aromatic rings. The number of carboxylic acid groups (broad SMARTS) is 1.